The zero-order valence-corrected chi connectivity index (χ0v) is 9.10. The average Bonchev–Trinajstić information content (AvgIpc) is 2.50. The van der Waals surface area contributed by atoms with Crippen molar-refractivity contribution < 1.29 is 9.53 Å². The van der Waals surface area contributed by atoms with Gasteiger partial charge in [-0.05, 0) is 18.2 Å². The molecule has 0 fully saturated rings. The molecule has 5 heteroatoms. The Morgan fingerprint density at radius 2 is 2.13 bits per heavy atom. The van der Waals surface area contributed by atoms with E-state index in [4.69, 9.17) is 27.9 Å². The van der Waals surface area contributed by atoms with Gasteiger partial charge in [-0.1, -0.05) is 29.3 Å². The zero-order valence-electron chi connectivity index (χ0n) is 7.59. The Balaban J connectivity index is 2.19. The van der Waals surface area contributed by atoms with Crippen LogP contribution in [-0.4, -0.2) is 12.6 Å². The van der Waals surface area contributed by atoms with Crippen LogP contribution in [0.3, 0.4) is 0 Å². The second-order valence-electron chi connectivity index (χ2n) is 3.00. The average molecular weight is 244 g/mol. The number of rotatable bonds is 2. The van der Waals surface area contributed by atoms with E-state index >= 15 is 0 Å². The van der Waals surface area contributed by atoms with Crippen LogP contribution < -0.4 is 5.32 Å². The fourth-order valence-corrected chi connectivity index (χ4v) is 1.57. The second kappa shape index (κ2) is 4.13. The van der Waals surface area contributed by atoms with Crippen molar-refractivity contribution in [1.29, 1.82) is 0 Å². The lowest BCUT2D eigenvalue weighted by molar-refractivity contribution is -0.135. The van der Waals surface area contributed by atoms with E-state index in [1.165, 1.54) is 0 Å². The highest BCUT2D eigenvalue weighted by Gasteiger charge is 2.22. The first kappa shape index (κ1) is 10.3. The molecule has 0 spiro atoms. The lowest BCUT2D eigenvalue weighted by Crippen LogP contribution is -2.01. The molecular formula is C10H7Cl2NO2. The Morgan fingerprint density at radius 3 is 2.73 bits per heavy atom. The van der Waals surface area contributed by atoms with Crippen molar-refractivity contribution in [1.82, 2.24) is 0 Å². The van der Waals surface area contributed by atoms with Gasteiger partial charge in [-0.15, -0.1) is 0 Å². The van der Waals surface area contributed by atoms with Crippen LogP contribution in [0, 0.1) is 0 Å². The number of carbonyl (C=O) groups is 1. The molecule has 0 atom stereocenters. The smallest absolute Gasteiger partial charge is 0.352 e. The predicted molar refractivity (Wildman–Crippen MR) is 58.9 cm³/mol. The van der Waals surface area contributed by atoms with Crippen LogP contribution in [0.4, 0.5) is 5.69 Å². The number of benzene rings is 1. The van der Waals surface area contributed by atoms with Crippen LogP contribution in [0.2, 0.25) is 5.02 Å². The Labute approximate surface area is 96.6 Å². The third-order valence-corrected chi connectivity index (χ3v) is 2.53. The fraction of sp³-hybridized carbons (Fsp3) is 0.100. The largest absolute Gasteiger partial charge is 0.455 e. The van der Waals surface area contributed by atoms with E-state index in [1.54, 1.807) is 18.2 Å². The highest BCUT2D eigenvalue weighted by Crippen LogP contribution is 2.23. The number of ether oxygens (including phenoxy) is 1. The summed E-state index contributed by atoms with van der Waals surface area (Å²) in [7, 11) is 0. The van der Waals surface area contributed by atoms with Crippen LogP contribution >= 0.6 is 23.2 Å². The molecule has 1 aliphatic heterocycles. The van der Waals surface area contributed by atoms with Crippen molar-refractivity contribution in [3.8, 4) is 0 Å². The lowest BCUT2D eigenvalue weighted by Gasteiger charge is -2.05. The van der Waals surface area contributed by atoms with Crippen molar-refractivity contribution >= 4 is 34.9 Å². The highest BCUT2D eigenvalue weighted by atomic mass is 35.5. The van der Waals surface area contributed by atoms with Crippen LogP contribution in [0.25, 0.3) is 0 Å². The summed E-state index contributed by atoms with van der Waals surface area (Å²) in [6, 6.07) is 7.13. The molecule has 1 aromatic carbocycles. The monoisotopic (exact) mass is 243 g/mol. The van der Waals surface area contributed by atoms with Gasteiger partial charge in [-0.25, -0.2) is 4.79 Å². The van der Waals surface area contributed by atoms with Crippen LogP contribution in [0.15, 0.2) is 35.0 Å². The fourth-order valence-electron chi connectivity index (χ4n) is 1.22. The quantitative estimate of drug-likeness (QED) is 0.813. The Morgan fingerprint density at radius 1 is 1.33 bits per heavy atom. The van der Waals surface area contributed by atoms with Crippen molar-refractivity contribution in [3.63, 3.8) is 0 Å². The Hall–Kier alpha value is -1.19. The minimum absolute atomic E-state index is 0.0926. The molecule has 2 rings (SSSR count). The number of hydrogen-bond donors (Lipinski definition) is 1. The van der Waals surface area contributed by atoms with Gasteiger partial charge in [0.2, 0.25) is 0 Å². The van der Waals surface area contributed by atoms with Gasteiger partial charge in [-0.2, -0.15) is 0 Å². The molecule has 0 aliphatic carbocycles. The molecule has 15 heavy (non-hydrogen) atoms. The second-order valence-corrected chi connectivity index (χ2v) is 3.82. The summed E-state index contributed by atoms with van der Waals surface area (Å²) < 4.78 is 4.74. The topological polar surface area (TPSA) is 38.3 Å². The molecule has 1 heterocycles. The molecule has 0 aromatic heterocycles. The number of anilines is 1. The number of cyclic esters (lactones) is 1. The normalized spacial score (nSPS) is 15.5. The zero-order chi connectivity index (χ0) is 10.8. The predicted octanol–water partition coefficient (Wildman–Crippen LogP) is 2.76. The SMILES string of the molecule is O=C1OCC(Nc2cccc(Cl)c2)=C1Cl. The van der Waals surface area contributed by atoms with Gasteiger partial charge in [0.05, 0.1) is 5.70 Å². The molecule has 0 bridgehead atoms. The third-order valence-electron chi connectivity index (χ3n) is 1.91. The maximum absolute atomic E-state index is 11.0. The first-order chi connectivity index (χ1) is 7.16. The highest BCUT2D eigenvalue weighted by molar-refractivity contribution is 6.42. The molecule has 0 saturated carbocycles. The summed E-state index contributed by atoms with van der Waals surface area (Å²) in [6.45, 7) is 0.171. The number of nitrogens with one attached hydrogen (secondary N) is 1. The summed E-state index contributed by atoms with van der Waals surface area (Å²) in [5.41, 5.74) is 1.33. The molecule has 0 amide bonds. The number of carbonyl (C=O) groups excluding carboxylic acids is 1. The third kappa shape index (κ3) is 2.25. The summed E-state index contributed by atoms with van der Waals surface area (Å²) in [4.78, 5) is 11.0. The lowest BCUT2D eigenvalue weighted by atomic mass is 10.3. The molecule has 1 N–H and O–H groups in total. The standard InChI is InChI=1S/C10H7Cl2NO2/c11-6-2-1-3-7(4-6)13-8-5-15-10(14)9(8)12/h1-4,13H,5H2. The van der Waals surface area contributed by atoms with Crippen molar-refractivity contribution in [2.24, 2.45) is 0 Å². The van der Waals surface area contributed by atoms with E-state index in [9.17, 15) is 4.79 Å². The van der Waals surface area contributed by atoms with Crippen LogP contribution in [-0.2, 0) is 9.53 Å². The van der Waals surface area contributed by atoms with Gasteiger partial charge >= 0.3 is 5.97 Å². The van der Waals surface area contributed by atoms with E-state index in [-0.39, 0.29) is 11.6 Å². The number of hydrogen-bond acceptors (Lipinski definition) is 3. The molecular weight excluding hydrogens is 237 g/mol. The summed E-state index contributed by atoms with van der Waals surface area (Å²) in [5.74, 6) is -0.499. The summed E-state index contributed by atoms with van der Waals surface area (Å²) >= 11 is 11.5. The van der Waals surface area contributed by atoms with E-state index < -0.39 is 5.97 Å². The van der Waals surface area contributed by atoms with E-state index in [2.05, 4.69) is 5.32 Å². The van der Waals surface area contributed by atoms with Gasteiger partial charge in [0.15, 0.2) is 0 Å². The number of halogens is 2. The Bertz CT molecular complexity index is 443. The molecule has 1 aliphatic rings. The van der Waals surface area contributed by atoms with E-state index in [1.807, 2.05) is 6.07 Å². The van der Waals surface area contributed by atoms with Gasteiger partial charge < -0.3 is 10.1 Å². The van der Waals surface area contributed by atoms with Gasteiger partial charge in [-0.3, -0.25) is 0 Å². The molecule has 1 aromatic rings. The maximum atomic E-state index is 11.0. The van der Waals surface area contributed by atoms with E-state index in [0.29, 0.717) is 10.7 Å². The summed E-state index contributed by atoms with van der Waals surface area (Å²) in [6.07, 6.45) is 0. The maximum Gasteiger partial charge on any atom is 0.352 e. The minimum atomic E-state index is -0.499. The minimum Gasteiger partial charge on any atom is -0.455 e. The summed E-state index contributed by atoms with van der Waals surface area (Å²) in [5, 5.41) is 3.68. The van der Waals surface area contributed by atoms with Crippen molar-refractivity contribution in [2.75, 3.05) is 11.9 Å². The van der Waals surface area contributed by atoms with Gasteiger partial charge in [0.1, 0.15) is 11.6 Å². The van der Waals surface area contributed by atoms with Gasteiger partial charge in [0.25, 0.3) is 0 Å². The van der Waals surface area contributed by atoms with Crippen molar-refractivity contribution in [3.05, 3.63) is 40.0 Å². The number of esters is 1. The van der Waals surface area contributed by atoms with E-state index in [0.717, 1.165) is 5.69 Å². The van der Waals surface area contributed by atoms with Crippen molar-refractivity contribution in [2.45, 2.75) is 0 Å². The molecule has 3 nitrogen and oxygen atoms in total. The first-order valence-electron chi connectivity index (χ1n) is 4.25. The van der Waals surface area contributed by atoms with Crippen LogP contribution in [0.1, 0.15) is 0 Å². The molecule has 0 radical (unpaired) electrons. The Kier molecular flexibility index (Phi) is 2.84. The van der Waals surface area contributed by atoms with Crippen LogP contribution in [0.5, 0.6) is 0 Å². The molecule has 0 unspecified atom stereocenters. The molecule has 78 valence electrons. The first-order valence-corrected chi connectivity index (χ1v) is 5.01. The molecule has 0 saturated heterocycles. The van der Waals surface area contributed by atoms with Gasteiger partial charge in [0, 0.05) is 10.7 Å².